The number of aryl methyl sites for hydroxylation is 1. The van der Waals surface area contributed by atoms with Crippen molar-refractivity contribution in [2.45, 2.75) is 51.7 Å². The molecule has 0 bridgehead atoms. The van der Waals surface area contributed by atoms with E-state index in [1.165, 1.54) is 11.9 Å². The number of hydrogen-bond acceptors (Lipinski definition) is 6. The van der Waals surface area contributed by atoms with Gasteiger partial charge in [0, 0.05) is 26.1 Å². The minimum atomic E-state index is -0.820. The Morgan fingerprint density at radius 3 is 2.83 bits per heavy atom. The molecule has 132 valence electrons. The average molecular weight is 335 g/mol. The summed E-state index contributed by atoms with van der Waals surface area (Å²) < 4.78 is 1.83. The van der Waals surface area contributed by atoms with Crippen LogP contribution in [0.25, 0.3) is 0 Å². The van der Waals surface area contributed by atoms with Gasteiger partial charge in [0.25, 0.3) is 5.91 Å². The first-order chi connectivity index (χ1) is 11.5. The normalized spacial score (nSPS) is 28.5. The van der Waals surface area contributed by atoms with Gasteiger partial charge in [-0.05, 0) is 43.2 Å². The molecule has 9 nitrogen and oxygen atoms in total. The highest BCUT2D eigenvalue weighted by atomic mass is 16.2. The zero-order chi connectivity index (χ0) is 17.3. The van der Waals surface area contributed by atoms with Crippen molar-refractivity contribution in [2.75, 3.05) is 20.1 Å². The Bertz CT molecular complexity index is 631. The second-order valence-corrected chi connectivity index (χ2v) is 6.89. The van der Waals surface area contributed by atoms with Gasteiger partial charge in [0.15, 0.2) is 5.82 Å². The van der Waals surface area contributed by atoms with Crippen LogP contribution in [0.15, 0.2) is 0 Å². The lowest BCUT2D eigenvalue weighted by Crippen LogP contribution is -2.55. The van der Waals surface area contributed by atoms with Crippen molar-refractivity contribution in [3.8, 4) is 0 Å². The number of nitrogens with zero attached hydrogens (tertiary/aromatic N) is 6. The highest BCUT2D eigenvalue weighted by Crippen LogP contribution is 2.32. The molecule has 2 atom stereocenters. The fraction of sp³-hybridized carbons (Fsp3) is 0.800. The summed E-state index contributed by atoms with van der Waals surface area (Å²) in [5, 5.41) is 14.8. The summed E-state index contributed by atoms with van der Waals surface area (Å²) in [6.07, 6.45) is 2.89. The lowest BCUT2D eigenvalue weighted by molar-refractivity contribution is -0.132. The number of likely N-dealkylation sites (N-methyl/N-ethyl adjacent to an activating group) is 1. The van der Waals surface area contributed by atoms with Crippen LogP contribution in [0.2, 0.25) is 0 Å². The molecule has 9 heteroatoms. The lowest BCUT2D eigenvalue weighted by atomic mass is 9.80. The van der Waals surface area contributed by atoms with Crippen molar-refractivity contribution < 1.29 is 9.59 Å². The summed E-state index contributed by atoms with van der Waals surface area (Å²) >= 11 is 0. The van der Waals surface area contributed by atoms with Crippen LogP contribution in [-0.2, 0) is 17.9 Å². The standard InChI is InChI=1S/C15H25N7O2/c1-4-7-22-12(17-18-19-22)10-21-8-5-6-11(9-21)15(2)13(23)20(3)14(24)16-15/h11H,4-10H2,1-3H3,(H,16,24)/t11-,15-/m0/s1. The molecule has 3 heterocycles. The van der Waals surface area contributed by atoms with E-state index in [2.05, 4.69) is 32.7 Å². The average Bonchev–Trinajstić information content (AvgIpc) is 3.08. The Labute approximate surface area is 141 Å². The SMILES string of the molecule is CCCn1nnnc1CN1CCC[C@H]([C@]2(C)NC(=O)N(C)C2=O)C1. The molecule has 0 aliphatic carbocycles. The lowest BCUT2D eigenvalue weighted by Gasteiger charge is -2.39. The molecule has 3 rings (SSSR count). The fourth-order valence-corrected chi connectivity index (χ4v) is 3.67. The number of piperidine rings is 1. The number of carbonyl (C=O) groups is 2. The number of likely N-dealkylation sites (tertiary alicyclic amines) is 1. The van der Waals surface area contributed by atoms with Gasteiger partial charge in [-0.2, -0.15) is 0 Å². The zero-order valence-corrected chi connectivity index (χ0v) is 14.5. The van der Waals surface area contributed by atoms with E-state index in [4.69, 9.17) is 0 Å². The number of amides is 3. The van der Waals surface area contributed by atoms with Crippen LogP contribution < -0.4 is 5.32 Å². The summed E-state index contributed by atoms with van der Waals surface area (Å²) in [6, 6.07) is -0.313. The molecule has 3 amide bonds. The molecule has 2 saturated heterocycles. The van der Waals surface area contributed by atoms with Gasteiger partial charge in [0.2, 0.25) is 0 Å². The van der Waals surface area contributed by atoms with Crippen molar-refractivity contribution in [1.82, 2.24) is 35.3 Å². The number of carbonyl (C=O) groups excluding carboxylic acids is 2. The highest BCUT2D eigenvalue weighted by Gasteiger charge is 2.51. The molecule has 2 fully saturated rings. The van der Waals surface area contributed by atoms with Crippen LogP contribution in [-0.4, -0.2) is 67.6 Å². The molecule has 0 radical (unpaired) electrons. The van der Waals surface area contributed by atoms with Crippen LogP contribution in [0.4, 0.5) is 4.79 Å². The third-order valence-electron chi connectivity index (χ3n) is 5.15. The Kier molecular flexibility index (Phi) is 4.53. The van der Waals surface area contributed by atoms with Gasteiger partial charge in [-0.3, -0.25) is 14.6 Å². The minimum absolute atomic E-state index is 0.0863. The third kappa shape index (κ3) is 2.88. The van der Waals surface area contributed by atoms with Crippen LogP contribution >= 0.6 is 0 Å². The fourth-order valence-electron chi connectivity index (χ4n) is 3.67. The maximum absolute atomic E-state index is 12.5. The molecule has 24 heavy (non-hydrogen) atoms. The van der Waals surface area contributed by atoms with Gasteiger partial charge in [-0.25, -0.2) is 9.48 Å². The van der Waals surface area contributed by atoms with Crippen molar-refractivity contribution in [1.29, 1.82) is 0 Å². The van der Waals surface area contributed by atoms with Gasteiger partial charge in [-0.1, -0.05) is 6.92 Å². The molecule has 2 aliphatic rings. The third-order valence-corrected chi connectivity index (χ3v) is 5.15. The van der Waals surface area contributed by atoms with E-state index in [-0.39, 0.29) is 17.9 Å². The molecule has 2 aliphatic heterocycles. The number of tetrazole rings is 1. The maximum atomic E-state index is 12.5. The number of nitrogens with one attached hydrogen (secondary N) is 1. The second-order valence-electron chi connectivity index (χ2n) is 6.89. The first-order valence-corrected chi connectivity index (χ1v) is 8.53. The van der Waals surface area contributed by atoms with Crippen LogP contribution in [0.1, 0.15) is 38.9 Å². The molecule has 1 aromatic rings. The molecule has 0 spiro atoms. The molecule has 1 N–H and O–H groups in total. The highest BCUT2D eigenvalue weighted by molar-refractivity contribution is 6.06. The Balaban J connectivity index is 1.69. The number of urea groups is 1. The van der Waals surface area contributed by atoms with Gasteiger partial charge in [-0.15, -0.1) is 5.10 Å². The Morgan fingerprint density at radius 2 is 2.17 bits per heavy atom. The number of imide groups is 1. The van der Waals surface area contributed by atoms with Crippen molar-refractivity contribution in [3.05, 3.63) is 5.82 Å². The van der Waals surface area contributed by atoms with E-state index in [0.717, 1.165) is 44.7 Å². The number of hydrogen-bond donors (Lipinski definition) is 1. The monoisotopic (exact) mass is 335 g/mol. The van der Waals surface area contributed by atoms with E-state index in [9.17, 15) is 9.59 Å². The van der Waals surface area contributed by atoms with Crippen LogP contribution in [0.3, 0.4) is 0 Å². The van der Waals surface area contributed by atoms with E-state index in [1.54, 1.807) is 0 Å². The van der Waals surface area contributed by atoms with Gasteiger partial charge < -0.3 is 5.32 Å². The summed E-state index contributed by atoms with van der Waals surface area (Å²) in [7, 11) is 1.53. The number of aromatic nitrogens is 4. The van der Waals surface area contributed by atoms with Gasteiger partial charge in [0.05, 0.1) is 6.54 Å². The smallest absolute Gasteiger partial charge is 0.323 e. The van der Waals surface area contributed by atoms with E-state index < -0.39 is 5.54 Å². The van der Waals surface area contributed by atoms with Crippen LogP contribution in [0, 0.1) is 5.92 Å². The van der Waals surface area contributed by atoms with Gasteiger partial charge >= 0.3 is 6.03 Å². The molecule has 0 unspecified atom stereocenters. The quantitative estimate of drug-likeness (QED) is 0.774. The largest absolute Gasteiger partial charge is 0.324 e. The number of rotatable bonds is 5. The second kappa shape index (κ2) is 6.46. The Morgan fingerprint density at radius 1 is 1.38 bits per heavy atom. The predicted molar refractivity (Wildman–Crippen MR) is 85.8 cm³/mol. The maximum Gasteiger partial charge on any atom is 0.324 e. The molecular formula is C15H25N7O2. The predicted octanol–water partition coefficient (Wildman–Crippen LogP) is 0.235. The molecule has 0 aromatic carbocycles. The zero-order valence-electron chi connectivity index (χ0n) is 14.5. The summed E-state index contributed by atoms with van der Waals surface area (Å²) in [6.45, 7) is 7.09. The van der Waals surface area contributed by atoms with E-state index >= 15 is 0 Å². The molecular weight excluding hydrogens is 310 g/mol. The first-order valence-electron chi connectivity index (χ1n) is 8.53. The molecule has 0 saturated carbocycles. The van der Waals surface area contributed by atoms with E-state index in [0.29, 0.717) is 6.54 Å². The summed E-state index contributed by atoms with van der Waals surface area (Å²) in [5.74, 6) is 0.792. The topological polar surface area (TPSA) is 96.2 Å². The van der Waals surface area contributed by atoms with Crippen molar-refractivity contribution in [3.63, 3.8) is 0 Å². The van der Waals surface area contributed by atoms with Crippen molar-refractivity contribution in [2.24, 2.45) is 5.92 Å². The summed E-state index contributed by atoms with van der Waals surface area (Å²) in [4.78, 5) is 27.8. The minimum Gasteiger partial charge on any atom is -0.323 e. The van der Waals surface area contributed by atoms with Crippen molar-refractivity contribution >= 4 is 11.9 Å². The first kappa shape index (κ1) is 16.8. The van der Waals surface area contributed by atoms with Crippen LogP contribution in [0.5, 0.6) is 0 Å². The molecule has 1 aromatic heterocycles. The Hall–Kier alpha value is -2.03. The van der Waals surface area contributed by atoms with E-state index in [1.807, 2.05) is 11.6 Å². The summed E-state index contributed by atoms with van der Waals surface area (Å²) in [5.41, 5.74) is -0.820. The van der Waals surface area contributed by atoms with Gasteiger partial charge in [0.1, 0.15) is 5.54 Å².